The molecule has 2 heterocycles. The first-order valence-corrected chi connectivity index (χ1v) is 12.4. The molecule has 2 atom stereocenters. The van der Waals surface area contributed by atoms with Crippen LogP contribution in [0.15, 0.2) is 29.2 Å². The number of hydrogen-bond donors (Lipinski definition) is 0. The van der Waals surface area contributed by atoms with Crippen LogP contribution < -0.4 is 0 Å². The molecule has 1 aromatic rings. The third-order valence-electron chi connectivity index (χ3n) is 6.82. The molecule has 6 heteroatoms. The maximum Gasteiger partial charge on any atom is 0.243 e. The average Bonchev–Trinajstić information content (AvgIpc) is 3.28. The van der Waals surface area contributed by atoms with E-state index in [1.807, 2.05) is 12.1 Å². The number of amides is 1. The second kappa shape index (κ2) is 8.54. The zero-order chi connectivity index (χ0) is 19.6. The van der Waals surface area contributed by atoms with Crippen molar-refractivity contribution in [1.82, 2.24) is 9.21 Å². The highest BCUT2D eigenvalue weighted by molar-refractivity contribution is 7.89. The summed E-state index contributed by atoms with van der Waals surface area (Å²) < 4.78 is 26.8. The molecule has 1 saturated carbocycles. The highest BCUT2D eigenvalue weighted by Crippen LogP contribution is 2.35. The molecule has 4 rings (SSSR count). The standard InChI is InChI=1S/C22H32N2O3S/c25-22(24-17-5-7-19-6-1-2-8-21(19)24)14-11-18-9-12-20(13-10-18)28(26,27)23-15-3-4-16-23/h9-10,12-13,19,21H,1-8,11,14-17H2/t19-,21+/m1/s1. The SMILES string of the molecule is O=C(CCc1ccc(S(=O)(=O)N2CCCC2)cc1)N1CCC[C@H]2CCCC[C@@H]21. The van der Waals surface area contributed by atoms with Gasteiger partial charge in [-0.25, -0.2) is 8.42 Å². The van der Waals surface area contributed by atoms with E-state index in [9.17, 15) is 13.2 Å². The first-order valence-electron chi connectivity index (χ1n) is 10.9. The number of fused-ring (bicyclic) bond motifs is 1. The fourth-order valence-corrected chi connectivity index (χ4v) is 6.75. The van der Waals surface area contributed by atoms with Gasteiger partial charge in [0.2, 0.25) is 15.9 Å². The van der Waals surface area contributed by atoms with E-state index < -0.39 is 10.0 Å². The van der Waals surface area contributed by atoms with Gasteiger partial charge in [0.15, 0.2) is 0 Å². The van der Waals surface area contributed by atoms with E-state index in [0.717, 1.165) is 31.4 Å². The van der Waals surface area contributed by atoms with Crippen LogP contribution in [0.25, 0.3) is 0 Å². The van der Waals surface area contributed by atoms with Gasteiger partial charge >= 0.3 is 0 Å². The molecule has 1 aliphatic carbocycles. The monoisotopic (exact) mass is 404 g/mol. The van der Waals surface area contributed by atoms with Crippen molar-refractivity contribution in [2.75, 3.05) is 19.6 Å². The molecule has 2 aliphatic heterocycles. The number of sulfonamides is 1. The van der Waals surface area contributed by atoms with Gasteiger partial charge in [0, 0.05) is 32.1 Å². The van der Waals surface area contributed by atoms with Gasteiger partial charge in [0.25, 0.3) is 0 Å². The summed E-state index contributed by atoms with van der Waals surface area (Å²) in [6.07, 6.45) is 10.5. The number of hydrogen-bond acceptors (Lipinski definition) is 3. The summed E-state index contributed by atoms with van der Waals surface area (Å²) in [6, 6.07) is 7.60. The van der Waals surface area contributed by atoms with Gasteiger partial charge in [0.05, 0.1) is 4.90 Å². The molecule has 3 aliphatic rings. The van der Waals surface area contributed by atoms with Crippen LogP contribution in [0.4, 0.5) is 0 Å². The lowest BCUT2D eigenvalue weighted by atomic mass is 9.78. The van der Waals surface area contributed by atoms with Crippen LogP contribution >= 0.6 is 0 Å². The fraction of sp³-hybridized carbons (Fsp3) is 0.682. The second-order valence-corrected chi connectivity index (χ2v) is 10.5. The lowest BCUT2D eigenvalue weighted by molar-refractivity contribution is -0.137. The Labute approximate surface area is 169 Å². The van der Waals surface area contributed by atoms with E-state index in [1.165, 1.54) is 32.1 Å². The largest absolute Gasteiger partial charge is 0.339 e. The van der Waals surface area contributed by atoms with Crippen molar-refractivity contribution in [3.8, 4) is 0 Å². The lowest BCUT2D eigenvalue weighted by Gasteiger charge is -2.44. The van der Waals surface area contributed by atoms with Gasteiger partial charge in [-0.05, 0) is 68.6 Å². The summed E-state index contributed by atoms with van der Waals surface area (Å²) in [4.78, 5) is 15.4. The maximum absolute atomic E-state index is 12.8. The summed E-state index contributed by atoms with van der Waals surface area (Å²) in [6.45, 7) is 2.15. The molecule has 2 saturated heterocycles. The minimum Gasteiger partial charge on any atom is -0.339 e. The first kappa shape index (κ1) is 19.9. The number of piperidine rings is 1. The van der Waals surface area contributed by atoms with E-state index in [-0.39, 0.29) is 5.91 Å². The van der Waals surface area contributed by atoms with Crippen molar-refractivity contribution >= 4 is 15.9 Å². The van der Waals surface area contributed by atoms with E-state index in [0.29, 0.717) is 42.8 Å². The first-order chi connectivity index (χ1) is 13.6. The summed E-state index contributed by atoms with van der Waals surface area (Å²) in [5.74, 6) is 0.979. The van der Waals surface area contributed by atoms with Crippen molar-refractivity contribution in [1.29, 1.82) is 0 Å². The van der Waals surface area contributed by atoms with Crippen molar-refractivity contribution in [2.45, 2.75) is 75.1 Å². The molecule has 0 spiro atoms. The van der Waals surface area contributed by atoms with E-state index >= 15 is 0 Å². The number of benzene rings is 1. The van der Waals surface area contributed by atoms with E-state index in [2.05, 4.69) is 4.90 Å². The quantitative estimate of drug-likeness (QED) is 0.754. The number of rotatable bonds is 5. The van der Waals surface area contributed by atoms with E-state index in [4.69, 9.17) is 0 Å². The van der Waals surface area contributed by atoms with Gasteiger partial charge in [-0.3, -0.25) is 4.79 Å². The maximum atomic E-state index is 12.8. The number of carbonyl (C=O) groups excluding carboxylic acids is 1. The molecule has 0 bridgehead atoms. The molecule has 1 amide bonds. The molecular formula is C22H32N2O3S. The molecule has 5 nitrogen and oxygen atoms in total. The Morgan fingerprint density at radius 1 is 0.893 bits per heavy atom. The van der Waals surface area contributed by atoms with Crippen molar-refractivity contribution in [3.63, 3.8) is 0 Å². The average molecular weight is 405 g/mol. The molecule has 0 aromatic heterocycles. The van der Waals surface area contributed by atoms with Crippen LogP contribution in [-0.2, 0) is 21.2 Å². The molecule has 154 valence electrons. The number of carbonyl (C=O) groups is 1. The third-order valence-corrected chi connectivity index (χ3v) is 8.73. The van der Waals surface area contributed by atoms with Crippen LogP contribution in [0.3, 0.4) is 0 Å². The van der Waals surface area contributed by atoms with Crippen molar-refractivity contribution < 1.29 is 13.2 Å². The second-order valence-electron chi connectivity index (χ2n) is 8.60. The summed E-state index contributed by atoms with van der Waals surface area (Å²) in [7, 11) is -3.36. The highest BCUT2D eigenvalue weighted by Gasteiger charge is 2.35. The Bertz CT molecular complexity index is 783. The molecule has 3 fully saturated rings. The van der Waals surface area contributed by atoms with Gasteiger partial charge in [0.1, 0.15) is 0 Å². The van der Waals surface area contributed by atoms with Crippen LogP contribution in [0.2, 0.25) is 0 Å². The smallest absolute Gasteiger partial charge is 0.243 e. The molecule has 0 unspecified atom stereocenters. The van der Waals surface area contributed by atoms with E-state index in [1.54, 1.807) is 16.4 Å². The Morgan fingerprint density at radius 2 is 1.57 bits per heavy atom. The molecule has 28 heavy (non-hydrogen) atoms. The number of aryl methyl sites for hydroxylation is 1. The Morgan fingerprint density at radius 3 is 2.32 bits per heavy atom. The summed E-state index contributed by atoms with van der Waals surface area (Å²) >= 11 is 0. The van der Waals surface area contributed by atoms with Crippen molar-refractivity contribution in [2.24, 2.45) is 5.92 Å². The van der Waals surface area contributed by atoms with Gasteiger partial charge in [-0.15, -0.1) is 0 Å². The predicted molar refractivity (Wildman–Crippen MR) is 109 cm³/mol. The molecule has 0 N–H and O–H groups in total. The minimum atomic E-state index is -3.36. The number of nitrogens with zero attached hydrogens (tertiary/aromatic N) is 2. The van der Waals surface area contributed by atoms with Gasteiger partial charge in [-0.1, -0.05) is 25.0 Å². The van der Waals surface area contributed by atoms with Crippen LogP contribution in [0.5, 0.6) is 0 Å². The summed E-state index contributed by atoms with van der Waals surface area (Å²) in [5.41, 5.74) is 1.03. The fourth-order valence-electron chi connectivity index (χ4n) is 5.23. The molecule has 1 aromatic carbocycles. The Balaban J connectivity index is 1.35. The Kier molecular flexibility index (Phi) is 6.07. The zero-order valence-electron chi connectivity index (χ0n) is 16.7. The lowest BCUT2D eigenvalue weighted by Crippen LogP contribution is -2.49. The zero-order valence-corrected chi connectivity index (χ0v) is 17.5. The molecule has 0 radical (unpaired) electrons. The van der Waals surface area contributed by atoms with Crippen LogP contribution in [0.1, 0.15) is 63.4 Å². The Hall–Kier alpha value is -1.40. The molecular weight excluding hydrogens is 372 g/mol. The van der Waals surface area contributed by atoms with Crippen LogP contribution in [-0.4, -0.2) is 49.2 Å². The van der Waals surface area contributed by atoms with Gasteiger partial charge in [-0.2, -0.15) is 4.31 Å². The normalized spacial score (nSPS) is 26.2. The minimum absolute atomic E-state index is 0.269. The summed E-state index contributed by atoms with van der Waals surface area (Å²) in [5, 5.41) is 0. The predicted octanol–water partition coefficient (Wildman–Crippen LogP) is 3.58. The van der Waals surface area contributed by atoms with Crippen LogP contribution in [0, 0.1) is 5.92 Å². The van der Waals surface area contributed by atoms with Crippen molar-refractivity contribution in [3.05, 3.63) is 29.8 Å². The topological polar surface area (TPSA) is 57.7 Å². The third kappa shape index (κ3) is 4.13. The highest BCUT2D eigenvalue weighted by atomic mass is 32.2. The number of likely N-dealkylation sites (tertiary alicyclic amines) is 1. The van der Waals surface area contributed by atoms with Gasteiger partial charge < -0.3 is 4.90 Å².